The number of nitrogens with one attached hydrogen (secondary N) is 1. The predicted molar refractivity (Wildman–Crippen MR) is 93.8 cm³/mol. The van der Waals surface area contributed by atoms with E-state index < -0.39 is 5.54 Å². The molecule has 1 saturated heterocycles. The van der Waals surface area contributed by atoms with Crippen LogP contribution in [0, 0.1) is 23.2 Å². The van der Waals surface area contributed by atoms with Crippen molar-refractivity contribution >= 4 is 5.91 Å². The molecule has 1 aromatic heterocycles. The van der Waals surface area contributed by atoms with Crippen molar-refractivity contribution in [3.63, 3.8) is 0 Å². The van der Waals surface area contributed by atoms with Crippen LogP contribution in [0.5, 0.6) is 0 Å². The standard InChI is InChI=1S/C19H27N5O2/c20-13-19(8-9-19)24-12-16(22-23-24)17(14-4-2-1-3-5-14)21-18(25)15-6-10-26-11-7-15/h12,14-15,17H,1-11H2,(H,21,25). The van der Waals surface area contributed by atoms with Gasteiger partial charge in [-0.15, -0.1) is 5.10 Å². The van der Waals surface area contributed by atoms with E-state index in [-0.39, 0.29) is 17.9 Å². The lowest BCUT2D eigenvalue weighted by atomic mass is 9.82. The molecule has 2 heterocycles. The first-order valence-electron chi connectivity index (χ1n) is 9.94. The van der Waals surface area contributed by atoms with Gasteiger partial charge in [0, 0.05) is 19.1 Å². The van der Waals surface area contributed by atoms with Crippen molar-refractivity contribution in [2.45, 2.75) is 69.4 Å². The number of ether oxygens (including phenoxy) is 1. The Bertz CT molecular complexity index is 678. The fourth-order valence-corrected chi connectivity index (χ4v) is 4.27. The molecule has 1 atom stereocenters. The second kappa shape index (κ2) is 7.36. The molecule has 26 heavy (non-hydrogen) atoms. The van der Waals surface area contributed by atoms with Gasteiger partial charge in [-0.3, -0.25) is 4.79 Å². The Morgan fingerprint density at radius 2 is 2.00 bits per heavy atom. The number of carbonyl (C=O) groups excluding carboxylic acids is 1. The maximum atomic E-state index is 12.8. The average Bonchev–Trinajstić information content (AvgIpc) is 3.36. The number of carbonyl (C=O) groups is 1. The van der Waals surface area contributed by atoms with Crippen LogP contribution in [0.2, 0.25) is 0 Å². The highest BCUT2D eigenvalue weighted by Gasteiger charge is 2.47. The number of hydrogen-bond acceptors (Lipinski definition) is 5. The summed E-state index contributed by atoms with van der Waals surface area (Å²) in [6.45, 7) is 1.32. The molecule has 3 fully saturated rings. The fourth-order valence-electron chi connectivity index (χ4n) is 4.27. The highest BCUT2D eigenvalue weighted by Crippen LogP contribution is 2.43. The van der Waals surface area contributed by atoms with Crippen molar-refractivity contribution < 1.29 is 9.53 Å². The van der Waals surface area contributed by atoms with Gasteiger partial charge in [-0.25, -0.2) is 4.68 Å². The van der Waals surface area contributed by atoms with Crippen LogP contribution in [0.25, 0.3) is 0 Å². The summed E-state index contributed by atoms with van der Waals surface area (Å²) < 4.78 is 7.09. The summed E-state index contributed by atoms with van der Waals surface area (Å²) in [4.78, 5) is 12.8. The minimum Gasteiger partial charge on any atom is -0.381 e. The van der Waals surface area contributed by atoms with Crippen LogP contribution in [0.1, 0.15) is 69.5 Å². The Balaban J connectivity index is 1.53. The highest BCUT2D eigenvalue weighted by molar-refractivity contribution is 5.79. The molecule has 0 aromatic carbocycles. The molecule has 1 aliphatic heterocycles. The lowest BCUT2D eigenvalue weighted by Gasteiger charge is -2.31. The molecule has 1 N–H and O–H groups in total. The van der Waals surface area contributed by atoms with Crippen molar-refractivity contribution in [2.75, 3.05) is 13.2 Å². The van der Waals surface area contributed by atoms with Crippen molar-refractivity contribution in [3.8, 4) is 6.07 Å². The van der Waals surface area contributed by atoms with Crippen molar-refractivity contribution in [2.24, 2.45) is 11.8 Å². The topological polar surface area (TPSA) is 92.8 Å². The summed E-state index contributed by atoms with van der Waals surface area (Å²) in [6.07, 6.45) is 11.0. The van der Waals surface area contributed by atoms with Crippen LogP contribution in [0.4, 0.5) is 0 Å². The smallest absolute Gasteiger partial charge is 0.223 e. The molecular formula is C19H27N5O2. The third-order valence-corrected chi connectivity index (χ3v) is 6.21. The monoisotopic (exact) mass is 357 g/mol. The number of nitrogens with zero attached hydrogens (tertiary/aromatic N) is 4. The Morgan fingerprint density at radius 1 is 1.27 bits per heavy atom. The van der Waals surface area contributed by atoms with Crippen LogP contribution >= 0.6 is 0 Å². The summed E-state index contributed by atoms with van der Waals surface area (Å²) in [5.41, 5.74) is 0.298. The molecular weight excluding hydrogens is 330 g/mol. The van der Waals surface area contributed by atoms with Crippen molar-refractivity contribution in [1.82, 2.24) is 20.3 Å². The molecule has 2 aliphatic carbocycles. The summed E-state index contributed by atoms with van der Waals surface area (Å²) in [5.74, 6) is 0.536. The second-order valence-corrected chi connectivity index (χ2v) is 8.00. The van der Waals surface area contributed by atoms with Crippen LogP contribution in [0.3, 0.4) is 0 Å². The zero-order valence-corrected chi connectivity index (χ0v) is 15.2. The normalized spacial score (nSPS) is 24.6. The molecule has 0 bridgehead atoms. The lowest BCUT2D eigenvalue weighted by Crippen LogP contribution is -2.40. The number of nitriles is 1. The Kier molecular flexibility index (Phi) is 4.94. The summed E-state index contributed by atoms with van der Waals surface area (Å²) in [5, 5.41) is 21.3. The van der Waals surface area contributed by atoms with E-state index >= 15 is 0 Å². The SMILES string of the molecule is N#CC1(n2cc(C(NC(=O)C3CCOCC3)C3CCCCC3)nn2)CC1. The first kappa shape index (κ1) is 17.5. The Labute approximate surface area is 154 Å². The van der Waals surface area contributed by atoms with Gasteiger partial charge in [0.2, 0.25) is 5.91 Å². The number of aromatic nitrogens is 3. The van der Waals surface area contributed by atoms with Crippen molar-refractivity contribution in [1.29, 1.82) is 5.26 Å². The Hall–Kier alpha value is -1.94. The van der Waals surface area contributed by atoms with Gasteiger partial charge in [-0.1, -0.05) is 24.5 Å². The van der Waals surface area contributed by atoms with E-state index in [0.29, 0.717) is 19.1 Å². The number of amides is 1. The van der Waals surface area contributed by atoms with Gasteiger partial charge in [0.25, 0.3) is 0 Å². The third-order valence-electron chi connectivity index (χ3n) is 6.21. The maximum absolute atomic E-state index is 12.8. The minimum atomic E-state index is -0.507. The minimum absolute atomic E-state index is 0.0266. The van der Waals surface area contributed by atoms with Gasteiger partial charge >= 0.3 is 0 Å². The molecule has 140 valence electrons. The molecule has 1 amide bonds. The first-order valence-corrected chi connectivity index (χ1v) is 9.94. The maximum Gasteiger partial charge on any atom is 0.223 e. The summed E-state index contributed by atoms with van der Waals surface area (Å²) in [7, 11) is 0. The van der Waals surface area contributed by atoms with Crippen LogP contribution < -0.4 is 5.32 Å². The van der Waals surface area contributed by atoms with Gasteiger partial charge in [0.05, 0.1) is 18.3 Å². The molecule has 0 radical (unpaired) electrons. The number of rotatable bonds is 5. The van der Waals surface area contributed by atoms with Crippen LogP contribution in [0.15, 0.2) is 6.20 Å². The van der Waals surface area contributed by atoms with E-state index in [9.17, 15) is 10.1 Å². The summed E-state index contributed by atoms with van der Waals surface area (Å²) in [6, 6.07) is 2.25. The van der Waals surface area contributed by atoms with E-state index in [0.717, 1.165) is 44.2 Å². The van der Waals surface area contributed by atoms with Gasteiger partial charge in [0.15, 0.2) is 5.54 Å². The quantitative estimate of drug-likeness (QED) is 0.874. The van der Waals surface area contributed by atoms with Crippen LogP contribution in [-0.4, -0.2) is 34.1 Å². The Morgan fingerprint density at radius 3 is 2.65 bits per heavy atom. The highest BCUT2D eigenvalue weighted by atomic mass is 16.5. The van der Waals surface area contributed by atoms with E-state index in [1.165, 1.54) is 19.3 Å². The number of hydrogen-bond donors (Lipinski definition) is 1. The van der Waals surface area contributed by atoms with Gasteiger partial charge in [0.1, 0.15) is 5.69 Å². The van der Waals surface area contributed by atoms with E-state index in [2.05, 4.69) is 21.7 Å². The van der Waals surface area contributed by atoms with E-state index in [4.69, 9.17) is 4.74 Å². The molecule has 4 rings (SSSR count). The molecule has 3 aliphatic rings. The average molecular weight is 357 g/mol. The largest absolute Gasteiger partial charge is 0.381 e. The first-order chi connectivity index (χ1) is 12.7. The molecule has 2 saturated carbocycles. The van der Waals surface area contributed by atoms with E-state index in [1.54, 1.807) is 4.68 Å². The molecule has 1 aromatic rings. The molecule has 7 heteroatoms. The zero-order valence-electron chi connectivity index (χ0n) is 15.2. The fraction of sp³-hybridized carbons (Fsp3) is 0.789. The predicted octanol–water partition coefficient (Wildman–Crippen LogP) is 2.45. The van der Waals surface area contributed by atoms with Gasteiger partial charge in [-0.2, -0.15) is 5.26 Å². The third kappa shape index (κ3) is 3.48. The van der Waals surface area contributed by atoms with Crippen LogP contribution in [-0.2, 0) is 15.1 Å². The molecule has 1 unspecified atom stereocenters. The van der Waals surface area contributed by atoms with Gasteiger partial charge in [-0.05, 0) is 44.4 Å². The van der Waals surface area contributed by atoms with Gasteiger partial charge < -0.3 is 10.1 Å². The van der Waals surface area contributed by atoms with Crippen molar-refractivity contribution in [3.05, 3.63) is 11.9 Å². The second-order valence-electron chi connectivity index (χ2n) is 8.00. The lowest BCUT2D eigenvalue weighted by molar-refractivity contribution is -0.129. The summed E-state index contributed by atoms with van der Waals surface area (Å²) >= 11 is 0. The molecule has 0 spiro atoms. The molecule has 7 nitrogen and oxygen atoms in total. The van der Waals surface area contributed by atoms with E-state index in [1.807, 2.05) is 6.20 Å². The zero-order chi connectivity index (χ0) is 18.0.